The largest absolute Gasteiger partial charge is 0.370 e. The Kier molecular flexibility index (Phi) is 4.12. The molecule has 18 heavy (non-hydrogen) atoms. The fraction of sp³-hybridized carbons (Fsp3) is 0.500. The number of halogens is 2. The Balaban J connectivity index is 2.29. The van der Waals surface area contributed by atoms with Crippen LogP contribution in [0.3, 0.4) is 0 Å². The van der Waals surface area contributed by atoms with Gasteiger partial charge in [0.15, 0.2) is 9.84 Å². The molecule has 0 N–H and O–H groups in total. The molecule has 0 amide bonds. The van der Waals surface area contributed by atoms with Crippen LogP contribution in [0.15, 0.2) is 18.2 Å². The lowest BCUT2D eigenvalue weighted by molar-refractivity contribution is 0.597. The first-order chi connectivity index (χ1) is 8.53. The van der Waals surface area contributed by atoms with Crippen molar-refractivity contribution in [2.45, 2.75) is 12.3 Å². The summed E-state index contributed by atoms with van der Waals surface area (Å²) in [6.07, 6.45) is 0.570. The van der Waals surface area contributed by atoms with Gasteiger partial charge in [-0.15, -0.1) is 11.6 Å². The molecule has 0 spiro atoms. The molecule has 100 valence electrons. The van der Waals surface area contributed by atoms with E-state index in [1.165, 1.54) is 6.07 Å². The van der Waals surface area contributed by atoms with Gasteiger partial charge in [-0.2, -0.15) is 0 Å². The molecule has 0 atom stereocenters. The fourth-order valence-electron chi connectivity index (χ4n) is 2.16. The standard InChI is InChI=1S/C12H15ClFNO2S/c13-9-10-11(14)3-1-4-12(10)15-5-2-7-18(16,17)8-6-15/h1,3-4H,2,5-9H2. The van der Waals surface area contributed by atoms with Crippen molar-refractivity contribution in [1.82, 2.24) is 0 Å². The summed E-state index contributed by atoms with van der Waals surface area (Å²) < 4.78 is 36.7. The number of hydrogen-bond donors (Lipinski definition) is 0. The van der Waals surface area contributed by atoms with E-state index < -0.39 is 9.84 Å². The average molecular weight is 292 g/mol. The number of rotatable bonds is 2. The number of sulfone groups is 1. The molecule has 0 unspecified atom stereocenters. The topological polar surface area (TPSA) is 37.4 Å². The number of alkyl halides is 1. The lowest BCUT2D eigenvalue weighted by Gasteiger charge is -2.24. The molecule has 3 nitrogen and oxygen atoms in total. The maximum absolute atomic E-state index is 13.6. The van der Waals surface area contributed by atoms with E-state index in [2.05, 4.69) is 0 Å². The molecule has 1 aromatic carbocycles. The summed E-state index contributed by atoms with van der Waals surface area (Å²) in [5.74, 6) is 0.0699. The van der Waals surface area contributed by atoms with Gasteiger partial charge in [-0.05, 0) is 18.6 Å². The molecule has 1 heterocycles. The smallest absolute Gasteiger partial charge is 0.152 e. The van der Waals surface area contributed by atoms with Crippen LogP contribution in [0.5, 0.6) is 0 Å². The molecule has 0 aromatic heterocycles. The van der Waals surface area contributed by atoms with Crippen molar-refractivity contribution in [2.24, 2.45) is 0 Å². The molecule has 6 heteroatoms. The van der Waals surface area contributed by atoms with Gasteiger partial charge >= 0.3 is 0 Å². The summed E-state index contributed by atoms with van der Waals surface area (Å²) in [6, 6.07) is 4.79. The maximum Gasteiger partial charge on any atom is 0.152 e. The Morgan fingerprint density at radius 1 is 1.28 bits per heavy atom. The summed E-state index contributed by atoms with van der Waals surface area (Å²) in [5, 5.41) is 0. The third kappa shape index (κ3) is 2.95. The third-order valence-corrected chi connectivity index (χ3v) is 5.11. The molecular weight excluding hydrogens is 277 g/mol. The zero-order valence-corrected chi connectivity index (χ0v) is 11.5. The van der Waals surface area contributed by atoms with E-state index in [9.17, 15) is 12.8 Å². The SMILES string of the molecule is O=S1(=O)CCCN(c2cccc(F)c2CCl)CC1. The van der Waals surface area contributed by atoms with Crippen LogP contribution in [0.25, 0.3) is 0 Å². The van der Waals surface area contributed by atoms with Gasteiger partial charge in [0.2, 0.25) is 0 Å². The Bertz CT molecular complexity index is 533. The molecule has 0 aliphatic carbocycles. The minimum absolute atomic E-state index is 0.0885. The summed E-state index contributed by atoms with van der Waals surface area (Å²) in [4.78, 5) is 1.91. The average Bonchev–Trinajstić information content (AvgIpc) is 2.50. The zero-order valence-electron chi connectivity index (χ0n) is 9.90. The number of hydrogen-bond acceptors (Lipinski definition) is 3. The third-order valence-electron chi connectivity index (χ3n) is 3.12. The maximum atomic E-state index is 13.6. The van der Waals surface area contributed by atoms with Crippen LogP contribution in [-0.4, -0.2) is 33.0 Å². The van der Waals surface area contributed by atoms with Crippen molar-refractivity contribution in [1.29, 1.82) is 0 Å². The first-order valence-electron chi connectivity index (χ1n) is 5.82. The molecule has 0 bridgehead atoms. The minimum Gasteiger partial charge on any atom is -0.370 e. The lowest BCUT2D eigenvalue weighted by Crippen LogP contribution is -2.27. The van der Waals surface area contributed by atoms with Crippen molar-refractivity contribution in [2.75, 3.05) is 29.5 Å². The van der Waals surface area contributed by atoms with Gasteiger partial charge in [0, 0.05) is 24.3 Å². The quantitative estimate of drug-likeness (QED) is 0.784. The molecule has 1 aliphatic rings. The van der Waals surface area contributed by atoms with Crippen LogP contribution in [0.4, 0.5) is 10.1 Å². The Labute approximate surface area is 111 Å². The van der Waals surface area contributed by atoms with Crippen LogP contribution in [0.2, 0.25) is 0 Å². The molecule has 1 aromatic rings. The molecule has 1 saturated heterocycles. The van der Waals surface area contributed by atoms with Crippen LogP contribution < -0.4 is 4.90 Å². The minimum atomic E-state index is -2.96. The Morgan fingerprint density at radius 3 is 2.78 bits per heavy atom. The highest BCUT2D eigenvalue weighted by atomic mass is 35.5. The van der Waals surface area contributed by atoms with E-state index >= 15 is 0 Å². The number of benzene rings is 1. The van der Waals surface area contributed by atoms with Crippen LogP contribution in [0.1, 0.15) is 12.0 Å². The lowest BCUT2D eigenvalue weighted by atomic mass is 10.1. The van der Waals surface area contributed by atoms with Gasteiger partial charge in [0.1, 0.15) is 5.82 Å². The van der Waals surface area contributed by atoms with Gasteiger partial charge in [-0.25, -0.2) is 12.8 Å². The molecule has 0 saturated carbocycles. The molecule has 1 fully saturated rings. The van der Waals surface area contributed by atoms with Crippen molar-refractivity contribution >= 4 is 27.1 Å². The molecule has 1 aliphatic heterocycles. The van der Waals surface area contributed by atoms with E-state index in [0.29, 0.717) is 30.8 Å². The van der Waals surface area contributed by atoms with Crippen molar-refractivity contribution in [3.8, 4) is 0 Å². The summed E-state index contributed by atoms with van der Waals surface area (Å²) in [6.45, 7) is 1.02. The van der Waals surface area contributed by atoms with Gasteiger partial charge in [-0.3, -0.25) is 0 Å². The van der Waals surface area contributed by atoms with Gasteiger partial charge in [0.25, 0.3) is 0 Å². The monoisotopic (exact) mass is 291 g/mol. The van der Waals surface area contributed by atoms with Crippen LogP contribution in [-0.2, 0) is 15.7 Å². The highest BCUT2D eigenvalue weighted by Gasteiger charge is 2.21. The first kappa shape index (κ1) is 13.6. The van der Waals surface area contributed by atoms with Gasteiger partial charge in [0.05, 0.1) is 17.4 Å². The van der Waals surface area contributed by atoms with E-state index in [1.54, 1.807) is 12.1 Å². The Morgan fingerprint density at radius 2 is 2.06 bits per heavy atom. The number of nitrogens with zero attached hydrogens (tertiary/aromatic N) is 1. The van der Waals surface area contributed by atoms with Crippen molar-refractivity contribution in [3.63, 3.8) is 0 Å². The van der Waals surface area contributed by atoms with E-state index in [0.717, 1.165) is 0 Å². The van der Waals surface area contributed by atoms with Crippen LogP contribution >= 0.6 is 11.6 Å². The van der Waals surface area contributed by atoms with Gasteiger partial charge in [-0.1, -0.05) is 6.07 Å². The first-order valence-corrected chi connectivity index (χ1v) is 8.18. The summed E-state index contributed by atoms with van der Waals surface area (Å²) in [5.41, 5.74) is 1.15. The zero-order chi connectivity index (χ0) is 13.2. The predicted octanol–water partition coefficient (Wildman–Crippen LogP) is 2.19. The van der Waals surface area contributed by atoms with E-state index in [1.807, 2.05) is 4.90 Å². The van der Waals surface area contributed by atoms with E-state index in [4.69, 9.17) is 11.6 Å². The highest BCUT2D eigenvalue weighted by molar-refractivity contribution is 7.91. The highest BCUT2D eigenvalue weighted by Crippen LogP contribution is 2.26. The molecule has 2 rings (SSSR count). The fourth-order valence-corrected chi connectivity index (χ4v) is 3.69. The van der Waals surface area contributed by atoms with Crippen molar-refractivity contribution < 1.29 is 12.8 Å². The summed E-state index contributed by atoms with van der Waals surface area (Å²) >= 11 is 5.77. The second-order valence-electron chi connectivity index (χ2n) is 4.36. The predicted molar refractivity (Wildman–Crippen MR) is 71.4 cm³/mol. The van der Waals surface area contributed by atoms with Crippen molar-refractivity contribution in [3.05, 3.63) is 29.6 Å². The Hall–Kier alpha value is -0.810. The van der Waals surface area contributed by atoms with Gasteiger partial charge < -0.3 is 4.90 Å². The summed E-state index contributed by atoms with van der Waals surface area (Å²) in [7, 11) is -2.96. The molecular formula is C12H15ClFNO2S. The van der Waals surface area contributed by atoms with Crippen LogP contribution in [0, 0.1) is 5.82 Å². The second-order valence-corrected chi connectivity index (χ2v) is 6.93. The normalized spacial score (nSPS) is 19.6. The number of anilines is 1. The van der Waals surface area contributed by atoms with E-state index in [-0.39, 0.29) is 23.2 Å². The second kappa shape index (κ2) is 5.45. The molecule has 0 radical (unpaired) electrons.